The molecule has 0 aliphatic carbocycles. The van der Waals surface area contributed by atoms with E-state index in [1.807, 2.05) is 12.1 Å². The molecule has 2 aliphatic rings. The summed E-state index contributed by atoms with van der Waals surface area (Å²) in [6.07, 6.45) is 6.58. The van der Waals surface area contributed by atoms with Crippen molar-refractivity contribution < 1.29 is 0 Å². The molecule has 17 rings (SSSR count). The molecule has 3 aromatic heterocycles. The highest BCUT2D eigenvalue weighted by Crippen LogP contribution is 2.48. The predicted octanol–water partition coefficient (Wildman–Crippen LogP) is 22.0. The Morgan fingerprint density at radius 2 is 0.755 bits per heavy atom. The summed E-state index contributed by atoms with van der Waals surface area (Å²) in [5.41, 5.74) is 28.1. The molecule has 2 aliphatic heterocycles. The average Bonchev–Trinajstić information content (AvgIpc) is 0.735. The molecule has 0 spiro atoms. The molecule has 0 radical (unpaired) electrons. The quantitative estimate of drug-likeness (QED) is 0.0710. The number of hydrogen-bond acceptors (Lipinski definition) is 6. The maximum atomic E-state index is 5.52. The van der Waals surface area contributed by atoms with Gasteiger partial charge < -0.3 is 14.4 Å². The van der Waals surface area contributed by atoms with Crippen molar-refractivity contribution in [1.82, 2.24) is 24.5 Å². The summed E-state index contributed by atoms with van der Waals surface area (Å²) in [6.45, 7) is 4.56. The fraction of sp³-hybridized carbons (Fsp3) is 0.0909. The molecule has 0 bridgehead atoms. The second-order valence-corrected chi connectivity index (χ2v) is 28.2. The van der Waals surface area contributed by atoms with Gasteiger partial charge in [-0.15, -0.1) is 0 Å². The molecule has 12 aromatic carbocycles. The van der Waals surface area contributed by atoms with E-state index >= 15 is 0 Å². The Balaban J connectivity index is 0.917. The van der Waals surface area contributed by atoms with Crippen molar-refractivity contribution in [2.24, 2.45) is 0 Å². The van der Waals surface area contributed by atoms with Gasteiger partial charge in [0.1, 0.15) is 0 Å². The van der Waals surface area contributed by atoms with Gasteiger partial charge in [-0.3, -0.25) is 0 Å². The lowest BCUT2D eigenvalue weighted by atomic mass is 9.33. The third-order valence-electron chi connectivity index (χ3n) is 19.4. The van der Waals surface area contributed by atoms with Gasteiger partial charge in [0.2, 0.25) is 0 Å². The third-order valence-corrected chi connectivity index (χ3v) is 20.6. The fourth-order valence-electron chi connectivity index (χ4n) is 14.8. The summed E-state index contributed by atoms with van der Waals surface area (Å²) in [6, 6.07) is 106. The number of halogens is 2. The average molecular weight is 1490 g/mol. The number of anilines is 6. The molecular formula is C88H66BI2N7. The van der Waals surface area contributed by atoms with Crippen LogP contribution in [0.1, 0.15) is 50.7 Å². The number of rotatable bonds is 16. The van der Waals surface area contributed by atoms with Crippen molar-refractivity contribution in [3.8, 4) is 84.6 Å². The molecule has 0 atom stereocenters. The minimum absolute atomic E-state index is 0.0127. The van der Waals surface area contributed by atoms with E-state index in [1.165, 1.54) is 68.8 Å². The van der Waals surface area contributed by atoms with Crippen LogP contribution in [0, 0.1) is 7.14 Å². The van der Waals surface area contributed by atoms with Crippen LogP contribution in [0.2, 0.25) is 0 Å². The molecular weight excluding hydrogens is 1420 g/mol. The van der Waals surface area contributed by atoms with Gasteiger partial charge in [-0.1, -0.05) is 215 Å². The summed E-state index contributed by atoms with van der Waals surface area (Å²) in [7, 11) is 0. The van der Waals surface area contributed by atoms with Gasteiger partial charge in [0, 0.05) is 85.4 Å². The highest BCUT2D eigenvalue weighted by molar-refractivity contribution is 14.1. The largest absolute Gasteiger partial charge is 0.311 e. The summed E-state index contributed by atoms with van der Waals surface area (Å²) in [5.74, 6) is 1.22. The molecule has 7 nitrogen and oxygen atoms in total. The lowest BCUT2D eigenvalue weighted by molar-refractivity contribution is 0.794. The molecule has 0 unspecified atom stereocenters. The Morgan fingerprint density at radius 3 is 1.26 bits per heavy atom. The van der Waals surface area contributed by atoms with Gasteiger partial charge in [0.25, 0.3) is 6.71 Å². The molecule has 0 saturated carbocycles. The zero-order chi connectivity index (χ0) is 65.8. The Hall–Kier alpha value is -10.3. The number of unbranched alkanes of at least 4 members (excludes halogenated alkanes) is 2. The first-order valence-corrected chi connectivity index (χ1v) is 36.2. The second-order valence-electron chi connectivity index (χ2n) is 25.7. The maximum absolute atomic E-state index is 5.52. The van der Waals surface area contributed by atoms with E-state index < -0.39 is 0 Å². The summed E-state index contributed by atoms with van der Waals surface area (Å²) >= 11 is 5.09. The summed E-state index contributed by atoms with van der Waals surface area (Å²) in [4.78, 5) is 27.0. The van der Waals surface area contributed by atoms with E-state index in [9.17, 15) is 0 Å². The smallest absolute Gasteiger partial charge is 0.252 e. The van der Waals surface area contributed by atoms with Crippen molar-refractivity contribution in [3.63, 3.8) is 0 Å². The topological polar surface area (TPSA) is 63.0 Å². The Labute approximate surface area is 600 Å². The van der Waals surface area contributed by atoms with Crippen LogP contribution in [0.3, 0.4) is 0 Å². The number of aromatic nitrogens is 5. The SMILES string of the molecule is CCCCc1cc(I)cc(N2c3ccccc3B3c4ccccc4N(c4cc(I)cc(CCCC)c4)c4cc(-c5ccc6c(c5)c5ccccc5n6-c5cc(-c6nc(-c7ccccc7)cc(-c7ccccc7)n6)ccc5-c5nc(-c6ccccc6)cc(-c6ccccc6)n5)cc2c43)c1. The first-order valence-electron chi connectivity index (χ1n) is 34.0. The van der Waals surface area contributed by atoms with E-state index in [0.717, 1.165) is 133 Å². The van der Waals surface area contributed by atoms with Gasteiger partial charge in [-0.2, -0.15) is 0 Å². The van der Waals surface area contributed by atoms with Gasteiger partial charge in [0.05, 0.1) is 39.5 Å². The van der Waals surface area contributed by atoms with Crippen LogP contribution < -0.4 is 26.2 Å². The lowest BCUT2D eigenvalue weighted by Gasteiger charge is -2.44. The molecule has 10 heteroatoms. The molecule has 0 saturated heterocycles. The number of hydrogen-bond donors (Lipinski definition) is 0. The van der Waals surface area contributed by atoms with Gasteiger partial charge in [-0.05, 0) is 213 Å². The Bertz CT molecular complexity index is 5300. The van der Waals surface area contributed by atoms with Crippen LogP contribution in [0.25, 0.3) is 106 Å². The zero-order valence-electron chi connectivity index (χ0n) is 54.4. The predicted molar refractivity (Wildman–Crippen MR) is 427 cm³/mol. The van der Waals surface area contributed by atoms with Crippen molar-refractivity contribution >= 4 is 124 Å². The fourth-order valence-corrected chi connectivity index (χ4v) is 16.3. The normalized spacial score (nSPS) is 12.3. The van der Waals surface area contributed by atoms with Crippen molar-refractivity contribution in [2.75, 3.05) is 9.80 Å². The monoisotopic (exact) mass is 1490 g/mol. The van der Waals surface area contributed by atoms with E-state index in [0.29, 0.717) is 11.6 Å². The maximum Gasteiger partial charge on any atom is 0.252 e. The highest BCUT2D eigenvalue weighted by atomic mass is 127. The molecule has 0 N–H and O–H groups in total. The zero-order valence-corrected chi connectivity index (χ0v) is 58.7. The highest BCUT2D eigenvalue weighted by Gasteiger charge is 2.44. The van der Waals surface area contributed by atoms with E-state index in [1.54, 1.807) is 0 Å². The van der Waals surface area contributed by atoms with Gasteiger partial charge >= 0.3 is 0 Å². The molecule has 5 heterocycles. The second kappa shape index (κ2) is 26.3. The standard InChI is InChI=1S/C88H66BI2N7/c1-3-5-25-57-45-66(90)53-68(47-57)96-81-39-23-20-36-73(81)89-74-37-21-24-40-82(74)97(69-48-58(26-6-4-2)46-67(91)54-69)85-52-65(51-84(96)86(85)89)63-42-44-80-72(49-63)70-35-19-22-38-79(70)98(80)83-50-64(87-92-75(59-27-11-7-12-28-59)55-76(93-87)60-29-13-8-14-30-60)41-43-71(83)88-94-77(61-31-15-9-16-32-61)56-78(95-88)62-33-17-10-18-34-62/h7-24,27-56H,3-6,25-26H2,1-2H3. The van der Waals surface area contributed by atoms with E-state index in [2.05, 4.69) is 352 Å². The number of fused-ring (bicyclic) bond motifs is 7. The number of benzene rings is 12. The summed E-state index contributed by atoms with van der Waals surface area (Å²) in [5, 5.41) is 2.25. The van der Waals surface area contributed by atoms with Crippen LogP contribution in [0.4, 0.5) is 34.1 Å². The molecule has 98 heavy (non-hydrogen) atoms. The molecule has 0 fully saturated rings. The Kier molecular flexibility index (Phi) is 16.4. The van der Waals surface area contributed by atoms with Crippen molar-refractivity contribution in [1.29, 1.82) is 0 Å². The van der Waals surface area contributed by atoms with E-state index in [-0.39, 0.29) is 6.71 Å². The Morgan fingerprint density at radius 1 is 0.327 bits per heavy atom. The van der Waals surface area contributed by atoms with Crippen LogP contribution in [0.5, 0.6) is 0 Å². The van der Waals surface area contributed by atoms with Crippen molar-refractivity contribution in [3.05, 3.63) is 309 Å². The molecule has 0 amide bonds. The first kappa shape index (κ1) is 61.3. The third kappa shape index (κ3) is 11.4. The molecule has 470 valence electrons. The van der Waals surface area contributed by atoms with Gasteiger partial charge in [0.15, 0.2) is 11.6 Å². The van der Waals surface area contributed by atoms with Crippen LogP contribution in [-0.4, -0.2) is 31.2 Å². The lowest BCUT2D eigenvalue weighted by Crippen LogP contribution is -2.61. The number of nitrogens with zero attached hydrogens (tertiary/aromatic N) is 7. The van der Waals surface area contributed by atoms with Crippen LogP contribution >= 0.6 is 45.2 Å². The van der Waals surface area contributed by atoms with Crippen LogP contribution in [-0.2, 0) is 12.8 Å². The van der Waals surface area contributed by atoms with Crippen LogP contribution in [0.15, 0.2) is 291 Å². The minimum Gasteiger partial charge on any atom is -0.311 e. The van der Waals surface area contributed by atoms with Crippen molar-refractivity contribution in [2.45, 2.75) is 52.4 Å². The number of para-hydroxylation sites is 3. The molecule has 15 aromatic rings. The summed E-state index contributed by atoms with van der Waals surface area (Å²) < 4.78 is 4.88. The minimum atomic E-state index is -0.0127. The van der Waals surface area contributed by atoms with E-state index in [4.69, 9.17) is 19.9 Å². The van der Waals surface area contributed by atoms with Gasteiger partial charge in [-0.25, -0.2) is 19.9 Å². The first-order chi connectivity index (χ1) is 48.3. The number of aryl methyl sites for hydroxylation is 2.